The second-order valence-corrected chi connectivity index (χ2v) is 6.91. The first-order chi connectivity index (χ1) is 12.2. The lowest BCUT2D eigenvalue weighted by Gasteiger charge is -2.35. The molecule has 2 heterocycles. The summed E-state index contributed by atoms with van der Waals surface area (Å²) in [5.74, 6) is 2.22. The number of thioether (sulfide) groups is 1. The van der Waals surface area contributed by atoms with Gasteiger partial charge in [0.05, 0.1) is 18.1 Å². The Labute approximate surface area is 149 Å². The Morgan fingerprint density at radius 1 is 1.24 bits per heavy atom. The summed E-state index contributed by atoms with van der Waals surface area (Å²) >= 11 is 1.73. The molecular formula is C18H18N4O2S. The Balaban J connectivity index is 1.62. The summed E-state index contributed by atoms with van der Waals surface area (Å²) in [6, 6.07) is 15.6. The summed E-state index contributed by atoms with van der Waals surface area (Å²) in [6.07, 6.45) is 0.505. The Hall–Kier alpha value is -2.67. The molecule has 2 aromatic carbocycles. The van der Waals surface area contributed by atoms with E-state index in [9.17, 15) is 4.79 Å². The van der Waals surface area contributed by atoms with Gasteiger partial charge in [-0.15, -0.1) is 11.8 Å². The third-order valence-corrected chi connectivity index (χ3v) is 5.35. The van der Waals surface area contributed by atoms with Crippen molar-refractivity contribution in [3.8, 4) is 5.75 Å². The van der Waals surface area contributed by atoms with Crippen molar-refractivity contribution >= 4 is 34.7 Å². The van der Waals surface area contributed by atoms with E-state index in [0.717, 1.165) is 28.1 Å². The van der Waals surface area contributed by atoms with Gasteiger partial charge in [-0.1, -0.05) is 24.3 Å². The van der Waals surface area contributed by atoms with Crippen LogP contribution in [0.4, 0.5) is 5.95 Å². The Morgan fingerprint density at radius 2 is 2.04 bits per heavy atom. The van der Waals surface area contributed by atoms with Crippen LogP contribution < -0.4 is 10.2 Å². The smallest absolute Gasteiger partial charge is 0.243 e. The van der Waals surface area contributed by atoms with E-state index in [-0.39, 0.29) is 11.3 Å². The summed E-state index contributed by atoms with van der Waals surface area (Å²) in [5, 5.41) is 1.55. The van der Waals surface area contributed by atoms with E-state index < -0.39 is 0 Å². The van der Waals surface area contributed by atoms with Gasteiger partial charge in [0.1, 0.15) is 11.1 Å². The van der Waals surface area contributed by atoms with Crippen molar-refractivity contribution in [2.24, 2.45) is 0 Å². The molecule has 4 rings (SSSR count). The van der Waals surface area contributed by atoms with E-state index >= 15 is 0 Å². The Kier molecular flexibility index (Phi) is 4.23. The number of H-pyrrole nitrogens is 1. The largest absolute Gasteiger partial charge is 0.497 e. The third kappa shape index (κ3) is 3.15. The number of methoxy groups -OCH3 is 1. The number of nitrogens with one attached hydrogen (secondary N) is 2. The summed E-state index contributed by atoms with van der Waals surface area (Å²) in [4.78, 5) is 20.2. The minimum absolute atomic E-state index is 0.0556. The molecule has 0 saturated carbocycles. The molecule has 0 radical (unpaired) electrons. The number of imidazole rings is 1. The van der Waals surface area contributed by atoms with Crippen molar-refractivity contribution in [1.82, 2.24) is 15.0 Å². The molecule has 0 aliphatic carbocycles. The van der Waals surface area contributed by atoms with Crippen LogP contribution in [-0.4, -0.2) is 33.7 Å². The number of anilines is 1. The van der Waals surface area contributed by atoms with Gasteiger partial charge < -0.3 is 9.72 Å². The lowest BCUT2D eigenvalue weighted by Crippen LogP contribution is -2.41. The first kappa shape index (κ1) is 15.8. The molecule has 2 N–H and O–H groups in total. The van der Waals surface area contributed by atoms with E-state index in [1.807, 2.05) is 48.5 Å². The number of fused-ring (bicyclic) bond motifs is 1. The van der Waals surface area contributed by atoms with Gasteiger partial charge in [-0.05, 0) is 29.8 Å². The van der Waals surface area contributed by atoms with Gasteiger partial charge in [-0.3, -0.25) is 10.2 Å². The van der Waals surface area contributed by atoms with Crippen molar-refractivity contribution in [1.29, 1.82) is 0 Å². The maximum absolute atomic E-state index is 12.5. The minimum atomic E-state index is -0.111. The number of aromatic nitrogens is 2. The maximum Gasteiger partial charge on any atom is 0.243 e. The molecule has 1 amide bonds. The Morgan fingerprint density at radius 3 is 2.80 bits per heavy atom. The van der Waals surface area contributed by atoms with Crippen LogP contribution in [0.15, 0.2) is 48.5 Å². The highest BCUT2D eigenvalue weighted by molar-refractivity contribution is 7.99. The number of hydrogen-bond donors (Lipinski definition) is 2. The molecule has 1 aliphatic rings. The molecule has 6 nitrogen and oxygen atoms in total. The number of nitrogens with zero attached hydrogens (tertiary/aromatic N) is 2. The molecule has 7 heteroatoms. The first-order valence-corrected chi connectivity index (χ1v) is 9.08. The van der Waals surface area contributed by atoms with Crippen LogP contribution in [-0.2, 0) is 4.79 Å². The highest BCUT2D eigenvalue weighted by Crippen LogP contribution is 2.37. The monoisotopic (exact) mass is 354 g/mol. The number of hydrazine groups is 1. The van der Waals surface area contributed by atoms with Crippen LogP contribution in [0.2, 0.25) is 0 Å². The Bertz CT molecular complexity index is 860. The van der Waals surface area contributed by atoms with Crippen LogP contribution in [0, 0.1) is 0 Å². The summed E-state index contributed by atoms with van der Waals surface area (Å²) in [5.41, 5.74) is 6.00. The van der Waals surface area contributed by atoms with E-state index in [1.54, 1.807) is 23.9 Å². The SMILES string of the molecule is COc1ccc(C2SCCC(=O)N2Nc2nc3ccccc3[nH]2)cc1. The zero-order valence-corrected chi connectivity index (χ0v) is 14.5. The van der Waals surface area contributed by atoms with Gasteiger partial charge in [-0.25, -0.2) is 9.99 Å². The highest BCUT2D eigenvalue weighted by Gasteiger charge is 2.30. The molecule has 128 valence electrons. The number of aromatic amines is 1. The molecule has 3 aromatic rings. The fourth-order valence-corrected chi connectivity index (χ4v) is 4.02. The topological polar surface area (TPSA) is 70.2 Å². The number of carbonyl (C=O) groups is 1. The number of rotatable bonds is 4. The fraction of sp³-hybridized carbons (Fsp3) is 0.222. The zero-order chi connectivity index (χ0) is 17.2. The first-order valence-electron chi connectivity index (χ1n) is 8.03. The van der Waals surface area contributed by atoms with Gasteiger partial charge >= 0.3 is 0 Å². The summed E-state index contributed by atoms with van der Waals surface area (Å²) in [7, 11) is 1.64. The van der Waals surface area contributed by atoms with Crippen LogP contribution in [0.1, 0.15) is 17.4 Å². The molecule has 1 unspecified atom stereocenters. The van der Waals surface area contributed by atoms with Gasteiger partial charge in [0.2, 0.25) is 11.9 Å². The number of ether oxygens (including phenoxy) is 1. The summed E-state index contributed by atoms with van der Waals surface area (Å²) < 4.78 is 5.22. The number of amides is 1. The molecule has 1 aromatic heterocycles. The van der Waals surface area contributed by atoms with Gasteiger partial charge in [0, 0.05) is 12.2 Å². The molecule has 1 aliphatic heterocycles. The van der Waals surface area contributed by atoms with Crippen LogP contribution in [0.5, 0.6) is 5.75 Å². The lowest BCUT2D eigenvalue weighted by molar-refractivity contribution is -0.130. The standard InChI is InChI=1S/C18H18N4O2S/c1-24-13-8-6-12(7-9-13)17-22(16(23)10-11-25-17)21-18-19-14-4-2-3-5-15(14)20-18/h2-9,17H,10-11H2,1H3,(H2,19,20,21). The average molecular weight is 354 g/mol. The van der Waals surface area contributed by atoms with E-state index in [1.165, 1.54) is 0 Å². The van der Waals surface area contributed by atoms with Crippen LogP contribution in [0.25, 0.3) is 11.0 Å². The van der Waals surface area contributed by atoms with Gasteiger partial charge in [-0.2, -0.15) is 0 Å². The van der Waals surface area contributed by atoms with E-state index in [4.69, 9.17) is 4.74 Å². The molecule has 1 atom stereocenters. The minimum Gasteiger partial charge on any atom is -0.497 e. The molecule has 25 heavy (non-hydrogen) atoms. The predicted molar refractivity (Wildman–Crippen MR) is 99.4 cm³/mol. The second kappa shape index (κ2) is 6.68. The molecule has 1 saturated heterocycles. The number of para-hydroxylation sites is 2. The van der Waals surface area contributed by atoms with Crippen molar-refractivity contribution in [3.63, 3.8) is 0 Å². The third-order valence-electron chi connectivity index (χ3n) is 4.11. The number of benzene rings is 2. The van der Waals surface area contributed by atoms with E-state index in [2.05, 4.69) is 15.4 Å². The molecular weight excluding hydrogens is 336 g/mol. The van der Waals surface area contributed by atoms with Crippen molar-refractivity contribution in [3.05, 3.63) is 54.1 Å². The summed E-state index contributed by atoms with van der Waals surface area (Å²) in [6.45, 7) is 0. The quantitative estimate of drug-likeness (QED) is 0.750. The van der Waals surface area contributed by atoms with Crippen molar-refractivity contribution in [2.75, 3.05) is 18.3 Å². The van der Waals surface area contributed by atoms with Crippen molar-refractivity contribution in [2.45, 2.75) is 11.8 Å². The predicted octanol–water partition coefficient (Wildman–Crippen LogP) is 3.56. The second-order valence-electron chi connectivity index (χ2n) is 5.72. The zero-order valence-electron chi connectivity index (χ0n) is 13.7. The van der Waals surface area contributed by atoms with Crippen molar-refractivity contribution < 1.29 is 9.53 Å². The number of carbonyl (C=O) groups excluding carboxylic acids is 1. The fourth-order valence-electron chi connectivity index (χ4n) is 2.84. The lowest BCUT2D eigenvalue weighted by atomic mass is 10.2. The molecule has 0 spiro atoms. The maximum atomic E-state index is 12.5. The van der Waals surface area contributed by atoms with Crippen LogP contribution >= 0.6 is 11.8 Å². The number of hydrogen-bond acceptors (Lipinski definition) is 5. The van der Waals surface area contributed by atoms with E-state index in [0.29, 0.717) is 12.4 Å². The highest BCUT2D eigenvalue weighted by atomic mass is 32.2. The average Bonchev–Trinajstić information content (AvgIpc) is 3.06. The molecule has 1 fully saturated rings. The molecule has 0 bridgehead atoms. The van der Waals surface area contributed by atoms with Crippen LogP contribution in [0.3, 0.4) is 0 Å². The normalized spacial score (nSPS) is 17.7. The van der Waals surface area contributed by atoms with Gasteiger partial charge in [0.25, 0.3) is 0 Å². The van der Waals surface area contributed by atoms with Gasteiger partial charge in [0.15, 0.2) is 0 Å².